The van der Waals surface area contributed by atoms with Crippen LogP contribution in [0.15, 0.2) is 21.8 Å². The Morgan fingerprint density at radius 2 is 1.94 bits per heavy atom. The molecule has 0 unspecified atom stereocenters. The number of aliphatic imine (C=N–C) groups is 2. The Labute approximate surface area is 98.4 Å². The lowest BCUT2D eigenvalue weighted by atomic mass is 10.4. The van der Waals surface area contributed by atoms with Gasteiger partial charge in [-0.25, -0.2) is 9.98 Å². The number of likely N-dealkylation sites (N-methyl/N-ethyl adjacent to an activating group) is 1. The third-order valence-corrected chi connectivity index (χ3v) is 2.58. The molecule has 4 heteroatoms. The molecule has 1 aliphatic heterocycles. The summed E-state index contributed by atoms with van der Waals surface area (Å²) in [6.07, 6.45) is 3.00. The van der Waals surface area contributed by atoms with Gasteiger partial charge in [0.05, 0.1) is 0 Å². The second-order valence-electron chi connectivity index (χ2n) is 4.44. The SMILES string of the molecule is C=NC(=NC=C(C)C)N1CCCN(C)CC1. The topological polar surface area (TPSA) is 31.2 Å². The van der Waals surface area contributed by atoms with Crippen molar-refractivity contribution in [1.82, 2.24) is 9.80 Å². The van der Waals surface area contributed by atoms with Crippen molar-refractivity contribution in [1.29, 1.82) is 0 Å². The average molecular weight is 222 g/mol. The highest BCUT2D eigenvalue weighted by Gasteiger charge is 2.14. The second kappa shape index (κ2) is 6.43. The van der Waals surface area contributed by atoms with E-state index in [1.807, 2.05) is 20.0 Å². The minimum absolute atomic E-state index is 0.747. The van der Waals surface area contributed by atoms with E-state index in [1.54, 1.807) is 0 Å². The maximum atomic E-state index is 4.36. The Morgan fingerprint density at radius 3 is 2.56 bits per heavy atom. The number of rotatable bonds is 1. The normalized spacial score (nSPS) is 19.2. The number of hydrogen-bond donors (Lipinski definition) is 0. The standard InChI is InChI=1S/C12H22N4/c1-11(2)10-14-12(13-3)16-7-5-6-15(4)8-9-16/h10H,3,5-9H2,1-2,4H3. The fourth-order valence-corrected chi connectivity index (χ4v) is 1.66. The van der Waals surface area contributed by atoms with Crippen molar-refractivity contribution >= 4 is 12.7 Å². The first-order valence-electron chi connectivity index (χ1n) is 5.75. The molecule has 1 fully saturated rings. The van der Waals surface area contributed by atoms with Crippen LogP contribution >= 0.6 is 0 Å². The maximum absolute atomic E-state index is 4.36. The molecule has 0 amide bonds. The van der Waals surface area contributed by atoms with E-state index in [1.165, 1.54) is 5.57 Å². The molecular formula is C12H22N4. The molecule has 4 nitrogen and oxygen atoms in total. The summed E-state index contributed by atoms with van der Waals surface area (Å²) in [5.74, 6) is 0.747. The van der Waals surface area contributed by atoms with Gasteiger partial charge in [0.1, 0.15) is 0 Å². The minimum Gasteiger partial charge on any atom is -0.340 e. The van der Waals surface area contributed by atoms with E-state index in [2.05, 4.69) is 33.5 Å². The molecular weight excluding hydrogens is 200 g/mol. The molecule has 0 bridgehead atoms. The van der Waals surface area contributed by atoms with Gasteiger partial charge in [-0.05, 0) is 40.6 Å². The Morgan fingerprint density at radius 1 is 1.19 bits per heavy atom. The summed E-state index contributed by atoms with van der Waals surface area (Å²) in [5, 5.41) is 0. The number of hydrogen-bond acceptors (Lipinski definition) is 2. The summed E-state index contributed by atoms with van der Waals surface area (Å²) in [6, 6.07) is 0. The first-order chi connectivity index (χ1) is 7.63. The zero-order chi connectivity index (χ0) is 12.0. The van der Waals surface area contributed by atoms with Gasteiger partial charge < -0.3 is 9.80 Å². The van der Waals surface area contributed by atoms with Gasteiger partial charge in [-0.1, -0.05) is 5.57 Å². The monoisotopic (exact) mass is 222 g/mol. The zero-order valence-electron chi connectivity index (χ0n) is 10.6. The van der Waals surface area contributed by atoms with Crippen LogP contribution in [0.1, 0.15) is 20.3 Å². The van der Waals surface area contributed by atoms with Crippen LogP contribution in [0.5, 0.6) is 0 Å². The molecule has 16 heavy (non-hydrogen) atoms. The first-order valence-corrected chi connectivity index (χ1v) is 5.75. The predicted molar refractivity (Wildman–Crippen MR) is 70.1 cm³/mol. The predicted octanol–water partition coefficient (Wildman–Crippen LogP) is 1.60. The summed E-state index contributed by atoms with van der Waals surface area (Å²) in [4.78, 5) is 12.9. The van der Waals surface area contributed by atoms with E-state index >= 15 is 0 Å². The van der Waals surface area contributed by atoms with Gasteiger partial charge >= 0.3 is 0 Å². The summed E-state index contributed by atoms with van der Waals surface area (Å²) < 4.78 is 0. The molecule has 1 saturated heterocycles. The summed E-state index contributed by atoms with van der Waals surface area (Å²) in [5.41, 5.74) is 1.17. The van der Waals surface area contributed by atoms with E-state index in [-0.39, 0.29) is 0 Å². The summed E-state index contributed by atoms with van der Waals surface area (Å²) >= 11 is 0. The van der Waals surface area contributed by atoms with E-state index in [0.29, 0.717) is 0 Å². The lowest BCUT2D eigenvalue weighted by Gasteiger charge is -2.20. The first kappa shape index (κ1) is 12.9. The molecule has 0 aliphatic carbocycles. The molecule has 0 saturated carbocycles. The van der Waals surface area contributed by atoms with Crippen LogP contribution in [0.3, 0.4) is 0 Å². The molecule has 0 radical (unpaired) electrons. The van der Waals surface area contributed by atoms with Crippen molar-refractivity contribution in [2.24, 2.45) is 9.98 Å². The van der Waals surface area contributed by atoms with Crippen molar-refractivity contribution in [3.63, 3.8) is 0 Å². The van der Waals surface area contributed by atoms with Crippen molar-refractivity contribution in [3.05, 3.63) is 11.8 Å². The Balaban J connectivity index is 2.68. The fourth-order valence-electron chi connectivity index (χ4n) is 1.66. The van der Waals surface area contributed by atoms with Crippen LogP contribution in [0.2, 0.25) is 0 Å². The van der Waals surface area contributed by atoms with Crippen molar-refractivity contribution in [2.45, 2.75) is 20.3 Å². The third-order valence-electron chi connectivity index (χ3n) is 2.58. The van der Waals surface area contributed by atoms with Crippen molar-refractivity contribution in [3.8, 4) is 0 Å². The van der Waals surface area contributed by atoms with Gasteiger partial charge in [0.2, 0.25) is 5.96 Å². The van der Waals surface area contributed by atoms with Crippen molar-refractivity contribution < 1.29 is 0 Å². The van der Waals surface area contributed by atoms with Crippen LogP contribution in [0.25, 0.3) is 0 Å². The molecule has 0 N–H and O–H groups in total. The second-order valence-corrected chi connectivity index (χ2v) is 4.44. The highest BCUT2D eigenvalue weighted by Crippen LogP contribution is 2.04. The van der Waals surface area contributed by atoms with Gasteiger partial charge in [-0.15, -0.1) is 0 Å². The molecule has 1 aliphatic rings. The smallest absolute Gasteiger partial charge is 0.224 e. The van der Waals surface area contributed by atoms with E-state index in [0.717, 1.165) is 38.6 Å². The van der Waals surface area contributed by atoms with Gasteiger partial charge in [0.25, 0.3) is 0 Å². The average Bonchev–Trinajstić information content (AvgIpc) is 2.44. The van der Waals surface area contributed by atoms with E-state index in [9.17, 15) is 0 Å². The van der Waals surface area contributed by atoms with Crippen LogP contribution in [0, 0.1) is 0 Å². The minimum atomic E-state index is 0.747. The highest BCUT2D eigenvalue weighted by atomic mass is 15.3. The molecule has 90 valence electrons. The van der Waals surface area contributed by atoms with Crippen molar-refractivity contribution in [2.75, 3.05) is 33.2 Å². The lowest BCUT2D eigenvalue weighted by Crippen LogP contribution is -2.33. The summed E-state index contributed by atoms with van der Waals surface area (Å²) in [6.45, 7) is 11.8. The quantitative estimate of drug-likeness (QED) is 0.498. The van der Waals surface area contributed by atoms with E-state index < -0.39 is 0 Å². The van der Waals surface area contributed by atoms with Gasteiger partial charge in [0.15, 0.2) is 0 Å². The Kier molecular flexibility index (Phi) is 5.19. The van der Waals surface area contributed by atoms with Crippen LogP contribution in [-0.4, -0.2) is 55.7 Å². The number of guanidine groups is 1. The maximum Gasteiger partial charge on any atom is 0.224 e. The Hall–Kier alpha value is -1.16. The van der Waals surface area contributed by atoms with Gasteiger partial charge in [-0.2, -0.15) is 0 Å². The van der Waals surface area contributed by atoms with Gasteiger partial charge in [-0.3, -0.25) is 0 Å². The molecule has 0 aromatic carbocycles. The third kappa shape index (κ3) is 4.14. The molecule has 1 rings (SSSR count). The van der Waals surface area contributed by atoms with Crippen LogP contribution in [0.4, 0.5) is 0 Å². The number of allylic oxidation sites excluding steroid dienone is 1. The van der Waals surface area contributed by atoms with Gasteiger partial charge in [0, 0.05) is 25.8 Å². The number of nitrogens with zero attached hydrogens (tertiary/aromatic N) is 4. The largest absolute Gasteiger partial charge is 0.340 e. The Bertz CT molecular complexity index is 289. The summed E-state index contributed by atoms with van der Waals surface area (Å²) in [7, 11) is 2.15. The van der Waals surface area contributed by atoms with Crippen LogP contribution < -0.4 is 0 Å². The van der Waals surface area contributed by atoms with E-state index in [4.69, 9.17) is 0 Å². The molecule has 0 spiro atoms. The molecule has 0 atom stereocenters. The van der Waals surface area contributed by atoms with Crippen LogP contribution in [-0.2, 0) is 0 Å². The highest BCUT2D eigenvalue weighted by molar-refractivity contribution is 5.84. The molecule has 0 aromatic rings. The zero-order valence-corrected chi connectivity index (χ0v) is 10.6. The fraction of sp³-hybridized carbons (Fsp3) is 0.667. The lowest BCUT2D eigenvalue weighted by molar-refractivity contribution is 0.345. The molecule has 0 aromatic heterocycles. The molecule has 1 heterocycles.